The molecule has 0 atom stereocenters. The Labute approximate surface area is 191 Å². The zero-order valence-corrected chi connectivity index (χ0v) is 18.2. The van der Waals surface area contributed by atoms with Crippen molar-refractivity contribution in [3.63, 3.8) is 0 Å². The zero-order valence-electron chi connectivity index (χ0n) is 16.4. The van der Waals surface area contributed by atoms with Gasteiger partial charge in [0.2, 0.25) is 0 Å². The number of aromatic nitrogens is 1. The predicted molar refractivity (Wildman–Crippen MR) is 118 cm³/mol. The van der Waals surface area contributed by atoms with Gasteiger partial charge in [0, 0.05) is 41.2 Å². The second-order valence-corrected chi connectivity index (χ2v) is 7.03. The number of hydrazone groups is 1. The van der Waals surface area contributed by atoms with Gasteiger partial charge < -0.3 is 4.90 Å². The Kier molecular flexibility index (Phi) is 10.4. The van der Waals surface area contributed by atoms with Gasteiger partial charge in [-0.15, -0.1) is 0 Å². The van der Waals surface area contributed by atoms with Gasteiger partial charge in [0.15, 0.2) is 0 Å². The van der Waals surface area contributed by atoms with Crippen LogP contribution in [0.25, 0.3) is 10.9 Å². The van der Waals surface area contributed by atoms with Crippen LogP contribution in [0.1, 0.15) is 0 Å². The van der Waals surface area contributed by atoms with Crippen LogP contribution in [0.5, 0.6) is 0 Å². The molecule has 148 valence electrons. The van der Waals surface area contributed by atoms with Crippen molar-refractivity contribution in [2.45, 2.75) is 0 Å². The van der Waals surface area contributed by atoms with Crippen LogP contribution < -0.4 is 5.43 Å². The van der Waals surface area contributed by atoms with Crippen molar-refractivity contribution in [1.29, 1.82) is 0 Å². The summed E-state index contributed by atoms with van der Waals surface area (Å²) in [4.78, 5) is 6.46. The summed E-state index contributed by atoms with van der Waals surface area (Å²) < 4.78 is 0. The van der Waals surface area contributed by atoms with Crippen molar-refractivity contribution < 1.29 is 17.1 Å². The first-order valence-corrected chi connectivity index (χ1v) is 9.40. The fourth-order valence-electron chi connectivity index (χ4n) is 2.79. The molecule has 0 bridgehead atoms. The van der Waals surface area contributed by atoms with E-state index in [1.165, 1.54) is 5.92 Å². The molecule has 2 fully saturated rings. The number of nitrogens with zero attached hydrogens (tertiary/aromatic N) is 3. The first-order valence-electron chi connectivity index (χ1n) is 9.03. The molecular weight excluding hydrogens is 424 g/mol. The number of benzene rings is 1. The zero-order chi connectivity index (χ0) is 19.8. The van der Waals surface area contributed by atoms with Gasteiger partial charge in [0.1, 0.15) is 0 Å². The van der Waals surface area contributed by atoms with Crippen LogP contribution >= 0.6 is 11.6 Å². The summed E-state index contributed by atoms with van der Waals surface area (Å²) in [5.74, 6) is 2.37. The van der Waals surface area contributed by atoms with Crippen LogP contribution in [0.2, 0.25) is 5.02 Å². The minimum Gasteiger partial charge on any atom is -0.309 e. The van der Waals surface area contributed by atoms with Crippen LogP contribution in [-0.4, -0.2) is 36.7 Å². The quantitative estimate of drug-likeness (QED) is 0.413. The molecule has 29 heavy (non-hydrogen) atoms. The minimum absolute atomic E-state index is 0. The van der Waals surface area contributed by atoms with E-state index in [0.29, 0.717) is 5.02 Å². The number of pyridine rings is 1. The van der Waals surface area contributed by atoms with Crippen molar-refractivity contribution in [3.05, 3.63) is 98.7 Å². The number of hydrogen-bond donors (Lipinski definition) is 1. The fraction of sp³-hybridized carbons (Fsp3) is 0.130. The van der Waals surface area contributed by atoms with Crippen molar-refractivity contribution in [2.75, 3.05) is 26.1 Å². The Morgan fingerprint density at radius 2 is 1.76 bits per heavy atom. The molecule has 6 heteroatoms. The van der Waals surface area contributed by atoms with Gasteiger partial charge in [0.05, 0.1) is 11.2 Å². The molecule has 1 aromatic heterocycles. The van der Waals surface area contributed by atoms with E-state index in [4.69, 9.17) is 11.6 Å². The first-order chi connectivity index (χ1) is 13.6. The summed E-state index contributed by atoms with van der Waals surface area (Å²) in [6, 6.07) is 7.55. The van der Waals surface area contributed by atoms with Gasteiger partial charge in [-0.2, -0.15) is 5.10 Å². The molecule has 0 aliphatic heterocycles. The van der Waals surface area contributed by atoms with E-state index in [1.54, 1.807) is 6.20 Å². The van der Waals surface area contributed by atoms with Gasteiger partial charge in [-0.3, -0.25) is 10.4 Å². The van der Waals surface area contributed by atoms with Gasteiger partial charge >= 0.3 is 17.1 Å². The second-order valence-electron chi connectivity index (χ2n) is 6.60. The average molecular weight is 447 g/mol. The second kappa shape index (κ2) is 12.5. The molecule has 0 spiro atoms. The van der Waals surface area contributed by atoms with Gasteiger partial charge in [0.25, 0.3) is 0 Å². The van der Waals surface area contributed by atoms with Crippen LogP contribution in [0.15, 0.2) is 35.6 Å². The van der Waals surface area contributed by atoms with Crippen molar-refractivity contribution >= 4 is 34.4 Å². The SMILES string of the molecule is CN(C)C[C]1[CH][CH][CH][C]1/C=N/Nc1ccnc2cc(Cl)ccc12.[CH]1[CH][CH][CH][CH]1.[Fe+2]. The summed E-state index contributed by atoms with van der Waals surface area (Å²) in [7, 11) is 4.11. The molecule has 1 heterocycles. The first kappa shape index (κ1) is 24.1. The Morgan fingerprint density at radius 1 is 1.03 bits per heavy atom. The van der Waals surface area contributed by atoms with Crippen LogP contribution in [0, 0.1) is 63.2 Å². The van der Waals surface area contributed by atoms with E-state index in [-0.39, 0.29) is 17.1 Å². The molecule has 4 nitrogen and oxygen atoms in total. The molecule has 10 radical (unpaired) electrons. The molecule has 2 aliphatic rings. The van der Waals surface area contributed by atoms with Crippen LogP contribution in [-0.2, 0) is 17.1 Å². The number of halogens is 1. The van der Waals surface area contributed by atoms with Crippen LogP contribution in [0.3, 0.4) is 0 Å². The van der Waals surface area contributed by atoms with E-state index in [2.05, 4.69) is 47.3 Å². The summed E-state index contributed by atoms with van der Waals surface area (Å²) >= 11 is 6.01. The summed E-state index contributed by atoms with van der Waals surface area (Å²) in [6.07, 6.45) is 19.8. The number of hydrogen-bond acceptors (Lipinski definition) is 4. The molecule has 4 rings (SSSR count). The fourth-order valence-corrected chi connectivity index (χ4v) is 2.96. The monoisotopic (exact) mass is 446 g/mol. The van der Waals surface area contributed by atoms with Crippen LogP contribution in [0.4, 0.5) is 5.69 Å². The number of nitrogens with one attached hydrogen (secondary N) is 1. The predicted octanol–water partition coefficient (Wildman–Crippen LogP) is 4.64. The summed E-state index contributed by atoms with van der Waals surface area (Å²) in [5, 5.41) is 6.04. The number of rotatable bonds is 5. The van der Waals surface area contributed by atoms with E-state index in [1.807, 2.05) is 69.0 Å². The molecule has 0 unspecified atom stereocenters. The number of anilines is 1. The normalized spacial score (nSPS) is 17.5. The third-order valence-corrected chi connectivity index (χ3v) is 4.31. The molecule has 0 saturated heterocycles. The average Bonchev–Trinajstić information content (AvgIpc) is 3.37. The maximum absolute atomic E-state index is 6.01. The van der Waals surface area contributed by atoms with E-state index >= 15 is 0 Å². The van der Waals surface area contributed by atoms with E-state index in [0.717, 1.165) is 29.1 Å². The molecule has 2 aliphatic carbocycles. The van der Waals surface area contributed by atoms with E-state index in [9.17, 15) is 0 Å². The Bertz CT molecular complexity index is 769. The molecule has 2 aromatic rings. The topological polar surface area (TPSA) is 40.5 Å². The Balaban J connectivity index is 0.000000437. The Morgan fingerprint density at radius 3 is 2.45 bits per heavy atom. The van der Waals surface area contributed by atoms with Crippen molar-refractivity contribution in [3.8, 4) is 0 Å². The maximum atomic E-state index is 6.01. The smallest absolute Gasteiger partial charge is 0.309 e. The molecule has 1 N–H and O–H groups in total. The van der Waals surface area contributed by atoms with Gasteiger partial charge in [-0.05, 0) is 89.7 Å². The Hall–Kier alpha value is -1.13. The summed E-state index contributed by atoms with van der Waals surface area (Å²) in [5.41, 5.74) is 4.85. The van der Waals surface area contributed by atoms with Gasteiger partial charge in [-0.25, -0.2) is 0 Å². The maximum Gasteiger partial charge on any atom is 2.00 e. The van der Waals surface area contributed by atoms with Crippen molar-refractivity contribution in [1.82, 2.24) is 9.88 Å². The molecule has 2 saturated carbocycles. The third kappa shape index (κ3) is 7.57. The van der Waals surface area contributed by atoms with E-state index < -0.39 is 0 Å². The summed E-state index contributed by atoms with van der Waals surface area (Å²) in [6.45, 7) is 0.894. The third-order valence-electron chi connectivity index (χ3n) is 4.08. The standard InChI is InChI=1S/C18H18ClN4.C5H5.Fe/c1-23(2)12-14-5-3-4-13(14)11-21-22-17-8-9-20-18-10-15(19)6-7-16(17)18;1-2-4-5-3-1;/h3-11H,12H2,1-2H3,(H,20,22);1-5H;/q;;+2/b21-11+;;. The largest absolute Gasteiger partial charge is 2.00 e. The number of fused-ring (bicyclic) bond motifs is 1. The van der Waals surface area contributed by atoms with Gasteiger partial charge in [-0.1, -0.05) is 11.6 Å². The molecule has 0 amide bonds. The minimum atomic E-state index is 0. The molecule has 1 aromatic carbocycles. The molecular formula is C23H23ClFeN4+2. The van der Waals surface area contributed by atoms with Crippen molar-refractivity contribution in [2.24, 2.45) is 5.10 Å².